The summed E-state index contributed by atoms with van der Waals surface area (Å²) in [5.74, 6) is 1.70. The molecule has 3 fully saturated rings. The summed E-state index contributed by atoms with van der Waals surface area (Å²) in [6, 6.07) is 12.2. The third kappa shape index (κ3) is 5.78. The lowest BCUT2D eigenvalue weighted by molar-refractivity contribution is -0.0327. The van der Waals surface area contributed by atoms with E-state index in [4.69, 9.17) is 25.2 Å². The van der Waals surface area contributed by atoms with E-state index in [2.05, 4.69) is 55.8 Å². The Kier molecular flexibility index (Phi) is 7.90. The number of hydrogen-bond acceptors (Lipinski definition) is 11. The highest BCUT2D eigenvalue weighted by atomic mass is 16.5. The van der Waals surface area contributed by atoms with Crippen molar-refractivity contribution in [3.8, 4) is 6.07 Å². The highest BCUT2D eigenvalue weighted by Gasteiger charge is 2.33. The number of anilines is 3. The number of pyridine rings is 1. The van der Waals surface area contributed by atoms with Gasteiger partial charge in [-0.2, -0.15) is 10.2 Å². The quantitative estimate of drug-likeness (QED) is 0.478. The van der Waals surface area contributed by atoms with Crippen LogP contribution in [0.2, 0.25) is 0 Å². The number of rotatable bonds is 6. The van der Waals surface area contributed by atoms with Crippen LogP contribution >= 0.6 is 0 Å². The number of nitrogens with two attached hydrogens (primary N) is 1. The van der Waals surface area contributed by atoms with Gasteiger partial charge in [-0.1, -0.05) is 0 Å². The summed E-state index contributed by atoms with van der Waals surface area (Å²) in [7, 11) is 1.71. The van der Waals surface area contributed by atoms with Crippen LogP contribution < -0.4 is 20.4 Å². The fourth-order valence-corrected chi connectivity index (χ4v) is 6.37. The first-order chi connectivity index (χ1) is 19.9. The lowest BCUT2D eigenvalue weighted by atomic mass is 10.1. The number of benzene rings is 1. The second kappa shape index (κ2) is 11.7. The van der Waals surface area contributed by atoms with Gasteiger partial charge in [0, 0.05) is 95.0 Å². The van der Waals surface area contributed by atoms with Crippen molar-refractivity contribution in [2.45, 2.75) is 38.2 Å². The minimum absolute atomic E-state index is 0.000874. The van der Waals surface area contributed by atoms with Crippen LogP contribution in [0.3, 0.4) is 0 Å². The summed E-state index contributed by atoms with van der Waals surface area (Å²) in [5, 5.41) is 10.6. The van der Waals surface area contributed by atoms with Gasteiger partial charge < -0.3 is 29.9 Å². The molecule has 2 aromatic heterocycles. The van der Waals surface area contributed by atoms with Crippen molar-refractivity contribution in [2.24, 2.45) is 5.73 Å². The maximum Gasteiger partial charge on any atom is 0.227 e. The molecule has 2 unspecified atom stereocenters. The fourth-order valence-electron chi connectivity index (χ4n) is 6.37. The number of nitriles is 1. The Morgan fingerprint density at radius 2 is 1.88 bits per heavy atom. The Bertz CT molecular complexity index is 1420. The molecule has 6 rings (SSSR count). The number of piperazine rings is 1. The van der Waals surface area contributed by atoms with Gasteiger partial charge in [0.1, 0.15) is 11.9 Å². The molecule has 0 amide bonds. The Morgan fingerprint density at radius 3 is 2.63 bits per heavy atom. The van der Waals surface area contributed by atoms with Crippen molar-refractivity contribution in [3.63, 3.8) is 0 Å². The summed E-state index contributed by atoms with van der Waals surface area (Å²) in [6.07, 6.45) is 1.95. The van der Waals surface area contributed by atoms with E-state index >= 15 is 0 Å². The van der Waals surface area contributed by atoms with Crippen molar-refractivity contribution < 1.29 is 9.47 Å². The van der Waals surface area contributed by atoms with Gasteiger partial charge in [0.15, 0.2) is 0 Å². The molecule has 11 heteroatoms. The van der Waals surface area contributed by atoms with Gasteiger partial charge in [0.25, 0.3) is 0 Å². The maximum atomic E-state index is 9.55. The molecule has 3 aromatic rings. The summed E-state index contributed by atoms with van der Waals surface area (Å²) in [5.41, 5.74) is 9.68. The molecule has 0 aliphatic carbocycles. The summed E-state index contributed by atoms with van der Waals surface area (Å²) in [6.45, 7) is 11.7. The zero-order valence-corrected chi connectivity index (χ0v) is 24.1. The zero-order chi connectivity index (χ0) is 28.5. The minimum Gasteiger partial charge on any atom is -0.378 e. The average molecular weight is 558 g/mol. The normalized spacial score (nSPS) is 25.6. The average Bonchev–Trinajstić information content (AvgIpc) is 3.37. The molecule has 2 N–H and O–H groups in total. The van der Waals surface area contributed by atoms with Crippen LogP contribution in [0.15, 0.2) is 36.5 Å². The van der Waals surface area contributed by atoms with Crippen LogP contribution in [0.4, 0.5) is 17.5 Å². The van der Waals surface area contributed by atoms with Gasteiger partial charge in [-0.3, -0.25) is 9.88 Å². The van der Waals surface area contributed by atoms with Crippen molar-refractivity contribution in [3.05, 3.63) is 47.8 Å². The van der Waals surface area contributed by atoms with Gasteiger partial charge in [-0.05, 0) is 38.1 Å². The van der Waals surface area contributed by atoms with Crippen LogP contribution in [0, 0.1) is 18.3 Å². The number of nitrogens with zero attached hydrogens (tertiary/aromatic N) is 8. The largest absolute Gasteiger partial charge is 0.378 e. The summed E-state index contributed by atoms with van der Waals surface area (Å²) in [4.78, 5) is 23.5. The Labute approximate surface area is 241 Å². The fraction of sp³-hybridized carbons (Fsp3) is 0.533. The monoisotopic (exact) mass is 557 g/mol. The summed E-state index contributed by atoms with van der Waals surface area (Å²) >= 11 is 0. The first-order valence-electron chi connectivity index (χ1n) is 14.5. The molecular formula is C30H39N9O2. The lowest BCUT2D eigenvalue weighted by Gasteiger charge is -2.42. The van der Waals surface area contributed by atoms with Gasteiger partial charge in [-0.25, -0.2) is 4.98 Å². The van der Waals surface area contributed by atoms with Crippen molar-refractivity contribution in [1.82, 2.24) is 19.9 Å². The molecule has 3 aliphatic heterocycles. The van der Waals surface area contributed by atoms with E-state index in [1.807, 2.05) is 19.1 Å². The summed E-state index contributed by atoms with van der Waals surface area (Å²) < 4.78 is 11.9. The van der Waals surface area contributed by atoms with Crippen molar-refractivity contribution >= 4 is 28.4 Å². The first kappa shape index (κ1) is 27.6. The highest BCUT2D eigenvalue weighted by Crippen LogP contribution is 2.30. The third-order valence-corrected chi connectivity index (χ3v) is 8.42. The van der Waals surface area contributed by atoms with E-state index in [9.17, 15) is 5.26 Å². The first-order valence-corrected chi connectivity index (χ1v) is 14.5. The molecule has 1 aromatic carbocycles. The smallest absolute Gasteiger partial charge is 0.227 e. The highest BCUT2D eigenvalue weighted by molar-refractivity contribution is 5.95. The molecule has 5 heterocycles. The van der Waals surface area contributed by atoms with Gasteiger partial charge in [0.05, 0.1) is 35.4 Å². The number of aromatic nitrogens is 3. The minimum atomic E-state index is -0.0379. The molecule has 216 valence electrons. The number of fused-ring (bicyclic) bond motifs is 1. The second-order valence-corrected chi connectivity index (χ2v) is 11.4. The Balaban J connectivity index is 1.09. The topological polar surface area (TPSA) is 120 Å². The van der Waals surface area contributed by atoms with E-state index in [0.29, 0.717) is 18.7 Å². The van der Waals surface area contributed by atoms with E-state index in [1.165, 1.54) is 0 Å². The predicted molar refractivity (Wildman–Crippen MR) is 159 cm³/mol. The number of aryl methyl sites for hydroxylation is 1. The molecule has 0 saturated carbocycles. The molecule has 0 spiro atoms. The SMILES string of the molecule is COC1CN(c2nc(C)cc(N3CCN(C[C@H]4CN(c5ccc(C#N)c6ncccc56)C[C@@H](C)O4)CC3)n2)CC1N. The third-order valence-electron chi connectivity index (χ3n) is 8.42. The predicted octanol–water partition coefficient (Wildman–Crippen LogP) is 1.78. The van der Waals surface area contributed by atoms with Crippen LogP contribution in [0.1, 0.15) is 18.2 Å². The number of hydrogen-bond donors (Lipinski definition) is 1. The molecule has 41 heavy (non-hydrogen) atoms. The Hall–Kier alpha value is -3.56. The van der Waals surface area contributed by atoms with Crippen LogP contribution in [-0.4, -0.2) is 110 Å². The van der Waals surface area contributed by atoms with Crippen LogP contribution in [0.25, 0.3) is 10.9 Å². The van der Waals surface area contributed by atoms with Crippen molar-refractivity contribution in [1.29, 1.82) is 5.26 Å². The number of methoxy groups -OCH3 is 1. The lowest BCUT2D eigenvalue weighted by Crippen LogP contribution is -2.54. The maximum absolute atomic E-state index is 9.55. The molecule has 4 atom stereocenters. The van der Waals surface area contributed by atoms with Gasteiger partial charge >= 0.3 is 0 Å². The van der Waals surface area contributed by atoms with E-state index in [0.717, 1.165) is 79.9 Å². The van der Waals surface area contributed by atoms with E-state index < -0.39 is 0 Å². The number of morpholine rings is 1. The van der Waals surface area contributed by atoms with Gasteiger partial charge in [0.2, 0.25) is 5.95 Å². The molecule has 11 nitrogen and oxygen atoms in total. The standard InChI is InChI=1S/C30H39N9O2/c1-20-13-28(35-30(34-20)39-18-25(32)27(19-39)40-3)37-11-9-36(10-12-37)16-23-17-38(15-21(2)41-23)26-7-6-22(14-31)29-24(26)5-4-8-33-29/h4-8,13,21,23,25,27H,9-12,15-19,32H2,1-3H3/t21-,23+,25?,27?/m1/s1. The van der Waals surface area contributed by atoms with Crippen molar-refractivity contribution in [2.75, 3.05) is 80.7 Å². The van der Waals surface area contributed by atoms with Crippen LogP contribution in [-0.2, 0) is 9.47 Å². The molecule has 0 bridgehead atoms. The number of ether oxygens (including phenoxy) is 2. The second-order valence-electron chi connectivity index (χ2n) is 11.4. The van der Waals surface area contributed by atoms with E-state index in [1.54, 1.807) is 13.3 Å². The molecule has 0 radical (unpaired) electrons. The van der Waals surface area contributed by atoms with Gasteiger partial charge in [-0.15, -0.1) is 0 Å². The molecular weight excluding hydrogens is 518 g/mol. The van der Waals surface area contributed by atoms with Crippen LogP contribution in [0.5, 0.6) is 0 Å². The Morgan fingerprint density at radius 1 is 1.05 bits per heavy atom. The molecule has 3 aliphatic rings. The van der Waals surface area contributed by atoms with E-state index in [-0.39, 0.29) is 24.4 Å². The molecule has 3 saturated heterocycles. The zero-order valence-electron chi connectivity index (χ0n) is 24.1.